The molecule has 6 aromatic carbocycles. The highest BCUT2D eigenvalue weighted by molar-refractivity contribution is 5.96. The second-order valence-electron chi connectivity index (χ2n) is 16.9. The van der Waals surface area contributed by atoms with E-state index < -0.39 is 0 Å². The van der Waals surface area contributed by atoms with Gasteiger partial charge in [-0.2, -0.15) is 0 Å². The van der Waals surface area contributed by atoms with E-state index >= 15 is 0 Å². The normalized spacial score (nSPS) is 11.7. The summed E-state index contributed by atoms with van der Waals surface area (Å²) < 4.78 is 0. The minimum absolute atomic E-state index is 0.0500. The van der Waals surface area contributed by atoms with Crippen LogP contribution in [0.25, 0.3) is 78.1 Å². The van der Waals surface area contributed by atoms with Crippen molar-refractivity contribution in [3.05, 3.63) is 202 Å². The molecule has 0 amide bonds. The molecule has 0 atom stereocenters. The van der Waals surface area contributed by atoms with Crippen LogP contribution in [0.2, 0.25) is 0 Å². The standard InChI is InChI=1S/C59H54N2O2/c1-36-31-57(60-41(6)38(36)3)47-25-21-45(22-26-47)53-17-11-13-19-55(53)50-33-49(52-16-10-9-15-44(52)29-30-59(63)40(5)43(8)62)34-51(35-50)56-20-14-12-18-54(56)46-23-27-48(28-24-46)58-32-37(2)39(4)42(7)61-58/h9-28,31-35,62H,29-30H2,1-8H3. The number of nitrogens with zero attached hydrogens (tertiary/aromatic N) is 2. The first kappa shape index (κ1) is 42.5. The Morgan fingerprint density at radius 2 is 0.794 bits per heavy atom. The summed E-state index contributed by atoms with van der Waals surface area (Å²) in [6.07, 6.45) is 0.855. The molecule has 1 N–H and O–H groups in total. The van der Waals surface area contributed by atoms with E-state index in [-0.39, 0.29) is 11.5 Å². The van der Waals surface area contributed by atoms with E-state index in [0.29, 0.717) is 18.4 Å². The number of hydrogen-bond acceptors (Lipinski definition) is 4. The van der Waals surface area contributed by atoms with Gasteiger partial charge in [0, 0.05) is 34.5 Å². The van der Waals surface area contributed by atoms with Crippen molar-refractivity contribution in [3.8, 4) is 78.1 Å². The molecule has 0 saturated carbocycles. The van der Waals surface area contributed by atoms with Crippen LogP contribution in [0.3, 0.4) is 0 Å². The molecule has 0 spiro atoms. The highest BCUT2D eigenvalue weighted by atomic mass is 16.3. The topological polar surface area (TPSA) is 63.1 Å². The lowest BCUT2D eigenvalue weighted by Gasteiger charge is -2.18. The second-order valence-corrected chi connectivity index (χ2v) is 16.9. The molecule has 0 fully saturated rings. The summed E-state index contributed by atoms with van der Waals surface area (Å²) in [4.78, 5) is 22.9. The van der Waals surface area contributed by atoms with Crippen LogP contribution in [0.5, 0.6) is 0 Å². The predicted molar refractivity (Wildman–Crippen MR) is 263 cm³/mol. The van der Waals surface area contributed by atoms with Gasteiger partial charge in [0.25, 0.3) is 0 Å². The predicted octanol–water partition coefficient (Wildman–Crippen LogP) is 15.3. The largest absolute Gasteiger partial charge is 0.512 e. The maximum atomic E-state index is 13.1. The highest BCUT2D eigenvalue weighted by Crippen LogP contribution is 2.41. The Hall–Kier alpha value is -7.17. The number of benzene rings is 6. The monoisotopic (exact) mass is 822 g/mol. The van der Waals surface area contributed by atoms with Gasteiger partial charge in [0.2, 0.25) is 0 Å². The number of carbonyl (C=O) groups is 1. The third-order valence-electron chi connectivity index (χ3n) is 12.9. The maximum Gasteiger partial charge on any atom is 0.162 e. The quantitative estimate of drug-likeness (QED) is 0.104. The van der Waals surface area contributed by atoms with Crippen molar-refractivity contribution in [2.75, 3.05) is 0 Å². The average molecular weight is 823 g/mol. The molecule has 0 unspecified atom stereocenters. The summed E-state index contributed by atoms with van der Waals surface area (Å²) >= 11 is 0. The summed E-state index contributed by atoms with van der Waals surface area (Å²) in [6, 6.07) is 54.4. The number of carbonyl (C=O) groups excluding carboxylic acids is 1. The number of aromatic nitrogens is 2. The maximum absolute atomic E-state index is 13.1. The summed E-state index contributed by atoms with van der Waals surface area (Å²) in [6.45, 7) is 16.0. The number of allylic oxidation sites excluding steroid dienone is 2. The first-order chi connectivity index (χ1) is 30.4. The van der Waals surface area contributed by atoms with Crippen LogP contribution in [0.4, 0.5) is 0 Å². The van der Waals surface area contributed by atoms with Gasteiger partial charge in [-0.05, 0) is 176 Å². The van der Waals surface area contributed by atoms with E-state index in [2.05, 4.69) is 187 Å². The van der Waals surface area contributed by atoms with Crippen molar-refractivity contribution in [2.45, 2.75) is 68.2 Å². The molecule has 0 aliphatic rings. The summed E-state index contributed by atoms with van der Waals surface area (Å²) in [7, 11) is 0. The van der Waals surface area contributed by atoms with E-state index in [1.165, 1.54) is 22.3 Å². The van der Waals surface area contributed by atoms with Crippen LogP contribution >= 0.6 is 0 Å². The molecule has 0 aliphatic heterocycles. The number of hydrogen-bond donors (Lipinski definition) is 1. The molecular formula is C59H54N2O2. The van der Waals surface area contributed by atoms with E-state index in [0.717, 1.165) is 95.1 Å². The third kappa shape index (κ3) is 8.94. The molecule has 0 aliphatic carbocycles. The SMILES string of the molecule is CC(O)=C(C)C(=O)CCc1ccccc1-c1cc(-c2ccccc2-c2ccc(-c3cc(C)c(C)c(C)n3)cc2)cc(-c2ccccc2-c2ccc(-c3cc(C)c(C)c(C)n3)cc2)c1. The van der Waals surface area contributed by atoms with Crippen molar-refractivity contribution in [1.82, 2.24) is 9.97 Å². The lowest BCUT2D eigenvalue weighted by molar-refractivity contribution is -0.115. The van der Waals surface area contributed by atoms with Gasteiger partial charge in [-0.3, -0.25) is 14.8 Å². The number of aliphatic hydroxyl groups excluding tert-OH is 1. The van der Waals surface area contributed by atoms with E-state index in [9.17, 15) is 9.90 Å². The van der Waals surface area contributed by atoms with Gasteiger partial charge in [0.1, 0.15) is 0 Å². The molecule has 4 heteroatoms. The Labute approximate surface area is 372 Å². The van der Waals surface area contributed by atoms with Gasteiger partial charge in [-0.25, -0.2) is 0 Å². The van der Waals surface area contributed by atoms with Gasteiger partial charge < -0.3 is 5.11 Å². The number of aryl methyl sites for hydroxylation is 5. The van der Waals surface area contributed by atoms with Gasteiger partial charge in [0.05, 0.1) is 17.1 Å². The van der Waals surface area contributed by atoms with Crippen LogP contribution in [0, 0.1) is 41.5 Å². The van der Waals surface area contributed by atoms with Crippen molar-refractivity contribution >= 4 is 5.78 Å². The Kier molecular flexibility index (Phi) is 12.2. The van der Waals surface area contributed by atoms with E-state index in [4.69, 9.17) is 9.97 Å². The van der Waals surface area contributed by atoms with E-state index in [1.807, 2.05) is 6.07 Å². The van der Waals surface area contributed by atoms with Crippen LogP contribution in [-0.2, 0) is 11.2 Å². The highest BCUT2D eigenvalue weighted by Gasteiger charge is 2.17. The van der Waals surface area contributed by atoms with Crippen molar-refractivity contribution in [1.29, 1.82) is 0 Å². The zero-order valence-electron chi connectivity index (χ0n) is 37.6. The average Bonchev–Trinajstić information content (AvgIpc) is 3.31. The minimum atomic E-state index is -0.0500. The Morgan fingerprint density at radius 1 is 0.444 bits per heavy atom. The molecule has 8 rings (SSSR count). The molecule has 0 saturated heterocycles. The molecular weight excluding hydrogens is 769 g/mol. The number of rotatable bonds is 11. The zero-order valence-corrected chi connectivity index (χ0v) is 37.6. The Morgan fingerprint density at radius 3 is 1.19 bits per heavy atom. The smallest absolute Gasteiger partial charge is 0.162 e. The first-order valence-electron chi connectivity index (χ1n) is 21.8. The molecule has 8 aromatic rings. The van der Waals surface area contributed by atoms with Gasteiger partial charge in [0.15, 0.2) is 5.78 Å². The van der Waals surface area contributed by atoms with Gasteiger partial charge >= 0.3 is 0 Å². The van der Waals surface area contributed by atoms with Crippen molar-refractivity contribution < 1.29 is 9.90 Å². The molecule has 0 bridgehead atoms. The van der Waals surface area contributed by atoms with Crippen LogP contribution < -0.4 is 0 Å². The summed E-state index contributed by atoms with van der Waals surface area (Å²) in [5.41, 5.74) is 23.8. The van der Waals surface area contributed by atoms with Crippen molar-refractivity contribution in [3.63, 3.8) is 0 Å². The van der Waals surface area contributed by atoms with E-state index in [1.54, 1.807) is 13.8 Å². The number of Topliss-reactive ketones (excluding diaryl/α,β-unsaturated/α-hetero) is 1. The van der Waals surface area contributed by atoms with Gasteiger partial charge in [-0.15, -0.1) is 0 Å². The van der Waals surface area contributed by atoms with Gasteiger partial charge in [-0.1, -0.05) is 121 Å². The summed E-state index contributed by atoms with van der Waals surface area (Å²) in [5.74, 6) is 0.0206. The molecule has 0 radical (unpaired) electrons. The first-order valence-corrected chi connectivity index (χ1v) is 21.8. The lowest BCUT2D eigenvalue weighted by Crippen LogP contribution is -2.04. The van der Waals surface area contributed by atoms with Crippen LogP contribution in [0.15, 0.2) is 163 Å². The molecule has 2 heterocycles. The number of pyridine rings is 2. The van der Waals surface area contributed by atoms with Crippen LogP contribution in [0.1, 0.15) is 59.5 Å². The number of aliphatic hydroxyl groups is 1. The Balaban J connectivity index is 1.25. The lowest BCUT2D eigenvalue weighted by atomic mass is 9.86. The minimum Gasteiger partial charge on any atom is -0.512 e. The van der Waals surface area contributed by atoms with Crippen molar-refractivity contribution in [2.24, 2.45) is 0 Å². The number of ketones is 1. The molecule has 63 heavy (non-hydrogen) atoms. The fourth-order valence-corrected chi connectivity index (χ4v) is 8.45. The zero-order chi connectivity index (χ0) is 44.4. The molecule has 2 aromatic heterocycles. The molecule has 312 valence electrons. The Bertz CT molecular complexity index is 2830. The van der Waals surface area contributed by atoms with Crippen LogP contribution in [-0.4, -0.2) is 20.9 Å². The fourth-order valence-electron chi connectivity index (χ4n) is 8.45. The second kappa shape index (κ2) is 18.0. The summed E-state index contributed by atoms with van der Waals surface area (Å²) in [5, 5.41) is 10.1. The molecule has 4 nitrogen and oxygen atoms in total. The third-order valence-corrected chi connectivity index (χ3v) is 12.9. The fraction of sp³-hybridized carbons (Fsp3) is 0.169.